The molecule has 0 spiro atoms. The standard InChI is InChI=1S/C15H13BrO3/c16-14-7-3-12(4-8-14)10-19-15(18)13-5-1-11(9-17)2-6-13/h1-8,17H,9-10H2. The zero-order chi connectivity index (χ0) is 13.7. The number of benzene rings is 2. The summed E-state index contributed by atoms with van der Waals surface area (Å²) in [5.41, 5.74) is 2.18. The lowest BCUT2D eigenvalue weighted by Crippen LogP contribution is -2.05. The summed E-state index contributed by atoms with van der Waals surface area (Å²) < 4.78 is 6.20. The number of esters is 1. The molecule has 0 radical (unpaired) electrons. The molecule has 0 saturated heterocycles. The van der Waals surface area contributed by atoms with Gasteiger partial charge in [-0.25, -0.2) is 4.79 Å². The van der Waals surface area contributed by atoms with E-state index < -0.39 is 0 Å². The maximum Gasteiger partial charge on any atom is 0.338 e. The van der Waals surface area contributed by atoms with Crippen LogP contribution in [0.5, 0.6) is 0 Å². The summed E-state index contributed by atoms with van der Waals surface area (Å²) in [6.07, 6.45) is 0. The van der Waals surface area contributed by atoms with E-state index in [1.807, 2.05) is 24.3 Å². The maximum absolute atomic E-state index is 11.8. The van der Waals surface area contributed by atoms with Crippen LogP contribution in [0.25, 0.3) is 0 Å². The minimum atomic E-state index is -0.368. The van der Waals surface area contributed by atoms with Crippen molar-refractivity contribution in [2.24, 2.45) is 0 Å². The Morgan fingerprint density at radius 1 is 1.00 bits per heavy atom. The molecule has 4 heteroatoms. The van der Waals surface area contributed by atoms with E-state index in [4.69, 9.17) is 9.84 Å². The van der Waals surface area contributed by atoms with Gasteiger partial charge in [-0.05, 0) is 35.4 Å². The number of halogens is 1. The minimum Gasteiger partial charge on any atom is -0.457 e. The molecule has 0 bridgehead atoms. The third kappa shape index (κ3) is 3.91. The molecule has 0 aromatic heterocycles. The highest BCUT2D eigenvalue weighted by Crippen LogP contribution is 2.12. The van der Waals surface area contributed by atoms with Crippen molar-refractivity contribution < 1.29 is 14.6 Å². The number of ether oxygens (including phenoxy) is 1. The Kier molecular flexibility index (Phi) is 4.71. The second kappa shape index (κ2) is 6.50. The number of hydrogen-bond acceptors (Lipinski definition) is 3. The molecule has 2 rings (SSSR count). The first-order valence-electron chi connectivity index (χ1n) is 5.80. The molecule has 0 fully saturated rings. The van der Waals surface area contributed by atoms with Gasteiger partial charge in [-0.15, -0.1) is 0 Å². The molecule has 0 atom stereocenters. The maximum atomic E-state index is 11.8. The number of carbonyl (C=O) groups is 1. The average molecular weight is 321 g/mol. The smallest absolute Gasteiger partial charge is 0.338 e. The molecule has 0 aliphatic carbocycles. The molecule has 3 nitrogen and oxygen atoms in total. The van der Waals surface area contributed by atoms with Gasteiger partial charge in [0, 0.05) is 4.47 Å². The SMILES string of the molecule is O=C(OCc1ccc(Br)cc1)c1ccc(CO)cc1. The first-order chi connectivity index (χ1) is 9.19. The van der Waals surface area contributed by atoms with Gasteiger partial charge in [0.15, 0.2) is 0 Å². The van der Waals surface area contributed by atoms with Crippen molar-refractivity contribution in [3.8, 4) is 0 Å². The molecule has 19 heavy (non-hydrogen) atoms. The Labute approximate surface area is 120 Å². The van der Waals surface area contributed by atoms with Crippen LogP contribution >= 0.6 is 15.9 Å². The van der Waals surface area contributed by atoms with Crippen molar-refractivity contribution in [3.63, 3.8) is 0 Å². The predicted octanol–water partition coefficient (Wildman–Crippen LogP) is 3.30. The molecule has 0 aliphatic rings. The summed E-state index contributed by atoms with van der Waals surface area (Å²) in [5.74, 6) is -0.368. The van der Waals surface area contributed by atoms with E-state index >= 15 is 0 Å². The fraction of sp³-hybridized carbons (Fsp3) is 0.133. The number of rotatable bonds is 4. The summed E-state index contributed by atoms with van der Waals surface area (Å²) in [7, 11) is 0. The van der Waals surface area contributed by atoms with Crippen molar-refractivity contribution in [3.05, 3.63) is 69.7 Å². The van der Waals surface area contributed by atoms with E-state index in [9.17, 15) is 4.79 Å². The Bertz CT molecular complexity index is 547. The van der Waals surface area contributed by atoms with Gasteiger partial charge in [0.05, 0.1) is 12.2 Å². The van der Waals surface area contributed by atoms with Crippen LogP contribution in [-0.4, -0.2) is 11.1 Å². The largest absolute Gasteiger partial charge is 0.457 e. The lowest BCUT2D eigenvalue weighted by Gasteiger charge is -2.05. The van der Waals surface area contributed by atoms with E-state index in [-0.39, 0.29) is 19.2 Å². The zero-order valence-corrected chi connectivity index (χ0v) is 11.8. The topological polar surface area (TPSA) is 46.5 Å². The Balaban J connectivity index is 1.95. The van der Waals surface area contributed by atoms with Crippen LogP contribution in [-0.2, 0) is 18.0 Å². The van der Waals surface area contributed by atoms with Crippen LogP contribution in [0.2, 0.25) is 0 Å². The predicted molar refractivity (Wildman–Crippen MR) is 75.6 cm³/mol. The van der Waals surface area contributed by atoms with Crippen molar-refractivity contribution in [1.82, 2.24) is 0 Å². The van der Waals surface area contributed by atoms with Crippen molar-refractivity contribution >= 4 is 21.9 Å². The van der Waals surface area contributed by atoms with Gasteiger partial charge in [-0.3, -0.25) is 0 Å². The fourth-order valence-electron chi connectivity index (χ4n) is 1.56. The molecule has 1 N–H and O–H groups in total. The van der Waals surface area contributed by atoms with E-state index in [0.29, 0.717) is 5.56 Å². The number of hydrogen-bond donors (Lipinski definition) is 1. The van der Waals surface area contributed by atoms with Crippen LogP contribution in [0, 0.1) is 0 Å². The van der Waals surface area contributed by atoms with Crippen LogP contribution in [0.1, 0.15) is 21.5 Å². The monoisotopic (exact) mass is 320 g/mol. The van der Waals surface area contributed by atoms with E-state index in [1.54, 1.807) is 24.3 Å². The molecule has 0 aliphatic heterocycles. The summed E-state index contributed by atoms with van der Waals surface area (Å²) >= 11 is 3.35. The van der Waals surface area contributed by atoms with Gasteiger partial charge >= 0.3 is 5.97 Å². The molecular weight excluding hydrogens is 308 g/mol. The number of aliphatic hydroxyl groups is 1. The van der Waals surface area contributed by atoms with Crippen LogP contribution < -0.4 is 0 Å². The highest BCUT2D eigenvalue weighted by atomic mass is 79.9. The van der Waals surface area contributed by atoms with Crippen LogP contribution in [0.15, 0.2) is 53.0 Å². The van der Waals surface area contributed by atoms with Crippen LogP contribution in [0.4, 0.5) is 0 Å². The van der Waals surface area contributed by atoms with Gasteiger partial charge in [-0.1, -0.05) is 40.2 Å². The highest BCUT2D eigenvalue weighted by molar-refractivity contribution is 9.10. The summed E-state index contributed by atoms with van der Waals surface area (Å²) in [4.78, 5) is 11.8. The van der Waals surface area contributed by atoms with Gasteiger partial charge in [0.1, 0.15) is 6.61 Å². The van der Waals surface area contributed by atoms with Crippen molar-refractivity contribution in [2.45, 2.75) is 13.2 Å². The first-order valence-corrected chi connectivity index (χ1v) is 6.59. The normalized spacial score (nSPS) is 10.2. The quantitative estimate of drug-likeness (QED) is 0.879. The number of carbonyl (C=O) groups excluding carboxylic acids is 1. The van der Waals surface area contributed by atoms with Crippen molar-refractivity contribution in [1.29, 1.82) is 0 Å². The van der Waals surface area contributed by atoms with Crippen LogP contribution in [0.3, 0.4) is 0 Å². The third-order valence-electron chi connectivity index (χ3n) is 2.66. The minimum absolute atomic E-state index is 0.0335. The Morgan fingerprint density at radius 3 is 2.16 bits per heavy atom. The molecule has 0 unspecified atom stereocenters. The highest BCUT2D eigenvalue weighted by Gasteiger charge is 2.07. The molecule has 2 aromatic rings. The molecule has 0 heterocycles. The summed E-state index contributed by atoms with van der Waals surface area (Å²) in [6, 6.07) is 14.3. The van der Waals surface area contributed by atoms with Gasteiger partial charge in [0.25, 0.3) is 0 Å². The lowest BCUT2D eigenvalue weighted by molar-refractivity contribution is 0.0472. The fourth-order valence-corrected chi connectivity index (χ4v) is 1.82. The van der Waals surface area contributed by atoms with Gasteiger partial charge in [-0.2, -0.15) is 0 Å². The Hall–Kier alpha value is -1.65. The second-order valence-electron chi connectivity index (χ2n) is 4.06. The number of aliphatic hydroxyl groups excluding tert-OH is 1. The van der Waals surface area contributed by atoms with E-state index in [2.05, 4.69) is 15.9 Å². The first kappa shape index (κ1) is 13.8. The molecule has 2 aromatic carbocycles. The Morgan fingerprint density at radius 2 is 1.58 bits per heavy atom. The molecular formula is C15H13BrO3. The third-order valence-corrected chi connectivity index (χ3v) is 3.18. The molecule has 98 valence electrons. The van der Waals surface area contributed by atoms with Gasteiger partial charge in [0.2, 0.25) is 0 Å². The summed E-state index contributed by atoms with van der Waals surface area (Å²) in [5, 5.41) is 8.92. The van der Waals surface area contributed by atoms with Gasteiger partial charge < -0.3 is 9.84 Å². The van der Waals surface area contributed by atoms with E-state index in [1.165, 1.54) is 0 Å². The van der Waals surface area contributed by atoms with E-state index in [0.717, 1.165) is 15.6 Å². The average Bonchev–Trinajstić information content (AvgIpc) is 2.46. The molecule has 0 amide bonds. The lowest BCUT2D eigenvalue weighted by atomic mass is 10.1. The molecule has 0 saturated carbocycles. The zero-order valence-electron chi connectivity index (χ0n) is 10.2. The second-order valence-corrected chi connectivity index (χ2v) is 4.97. The van der Waals surface area contributed by atoms with Crippen molar-refractivity contribution in [2.75, 3.05) is 0 Å². The summed E-state index contributed by atoms with van der Waals surface area (Å²) in [6.45, 7) is 0.210.